The summed E-state index contributed by atoms with van der Waals surface area (Å²) >= 11 is 0. The fraction of sp³-hybridized carbons (Fsp3) is 0.588. The van der Waals surface area contributed by atoms with Gasteiger partial charge in [-0.1, -0.05) is 13.8 Å². The summed E-state index contributed by atoms with van der Waals surface area (Å²) < 4.78 is 7.55. The van der Waals surface area contributed by atoms with Crippen molar-refractivity contribution in [2.75, 3.05) is 6.54 Å². The lowest BCUT2D eigenvalue weighted by atomic mass is 9.90. The van der Waals surface area contributed by atoms with Gasteiger partial charge < -0.3 is 9.32 Å². The maximum atomic E-state index is 13.0. The van der Waals surface area contributed by atoms with Gasteiger partial charge in [0.2, 0.25) is 5.91 Å². The number of hydrogen-bond acceptors (Lipinski definition) is 4. The highest BCUT2D eigenvalue weighted by Crippen LogP contribution is 2.36. The van der Waals surface area contributed by atoms with Gasteiger partial charge in [-0.25, -0.2) is 9.67 Å². The van der Waals surface area contributed by atoms with Crippen LogP contribution in [-0.2, 0) is 11.2 Å². The van der Waals surface area contributed by atoms with Gasteiger partial charge in [0, 0.05) is 13.0 Å². The molecule has 2 aromatic heterocycles. The maximum Gasteiger partial charge on any atom is 0.247 e. The first kappa shape index (κ1) is 15.8. The zero-order chi connectivity index (χ0) is 16.4. The van der Waals surface area contributed by atoms with E-state index in [2.05, 4.69) is 23.9 Å². The molecular weight excluding hydrogens is 292 g/mol. The third-order valence-corrected chi connectivity index (χ3v) is 4.70. The summed E-state index contributed by atoms with van der Waals surface area (Å²) in [6.07, 6.45) is 5.87. The Kier molecular flexibility index (Phi) is 4.50. The van der Waals surface area contributed by atoms with Crippen LogP contribution in [0.15, 0.2) is 29.2 Å². The largest absolute Gasteiger partial charge is 0.464 e. The SMILES string of the molecule is CCc1ccc([C@H]2C[C@@H](C)CCN2C(=O)[C@@H](C)n2cncn2)o1. The molecule has 124 valence electrons. The molecule has 0 unspecified atom stereocenters. The molecule has 0 aromatic carbocycles. The summed E-state index contributed by atoms with van der Waals surface area (Å²) in [5.74, 6) is 2.52. The molecule has 3 rings (SSSR count). The summed E-state index contributed by atoms with van der Waals surface area (Å²) in [5.41, 5.74) is 0. The van der Waals surface area contributed by atoms with Gasteiger partial charge in [-0.3, -0.25) is 4.79 Å². The number of rotatable bonds is 4. The molecule has 0 N–H and O–H groups in total. The Morgan fingerprint density at radius 2 is 2.30 bits per heavy atom. The highest BCUT2D eigenvalue weighted by atomic mass is 16.3. The van der Waals surface area contributed by atoms with Crippen LogP contribution in [0.5, 0.6) is 0 Å². The summed E-state index contributed by atoms with van der Waals surface area (Å²) in [6.45, 7) is 6.93. The Morgan fingerprint density at radius 3 is 2.96 bits per heavy atom. The average Bonchev–Trinajstić information content (AvgIpc) is 3.24. The fourth-order valence-corrected chi connectivity index (χ4v) is 3.21. The van der Waals surface area contributed by atoms with Gasteiger partial charge in [0.25, 0.3) is 0 Å². The number of piperidine rings is 1. The molecule has 0 radical (unpaired) electrons. The van der Waals surface area contributed by atoms with Gasteiger partial charge >= 0.3 is 0 Å². The predicted octanol–water partition coefficient (Wildman–Crippen LogP) is 2.99. The molecule has 6 nitrogen and oxygen atoms in total. The van der Waals surface area contributed by atoms with E-state index in [0.29, 0.717) is 5.92 Å². The topological polar surface area (TPSA) is 64.2 Å². The quantitative estimate of drug-likeness (QED) is 0.870. The second-order valence-corrected chi connectivity index (χ2v) is 6.39. The number of aryl methyl sites for hydroxylation is 1. The van der Waals surface area contributed by atoms with E-state index in [1.165, 1.54) is 6.33 Å². The smallest absolute Gasteiger partial charge is 0.247 e. The summed E-state index contributed by atoms with van der Waals surface area (Å²) in [7, 11) is 0. The van der Waals surface area contributed by atoms with Crippen molar-refractivity contribution in [2.45, 2.75) is 52.1 Å². The maximum absolute atomic E-state index is 13.0. The van der Waals surface area contributed by atoms with E-state index >= 15 is 0 Å². The lowest BCUT2D eigenvalue weighted by molar-refractivity contribution is -0.139. The average molecular weight is 316 g/mol. The van der Waals surface area contributed by atoms with Crippen LogP contribution in [0.3, 0.4) is 0 Å². The number of hydrogen-bond donors (Lipinski definition) is 0. The first-order valence-electron chi connectivity index (χ1n) is 8.33. The molecule has 1 saturated heterocycles. The number of amides is 1. The van der Waals surface area contributed by atoms with Gasteiger partial charge in [-0.15, -0.1) is 0 Å². The molecule has 1 aliphatic heterocycles. The van der Waals surface area contributed by atoms with Gasteiger partial charge in [0.15, 0.2) is 0 Å². The molecule has 2 aromatic rings. The Hall–Kier alpha value is -2.11. The van der Waals surface area contributed by atoms with E-state index in [1.807, 2.05) is 24.0 Å². The van der Waals surface area contributed by atoms with E-state index < -0.39 is 0 Å². The molecule has 3 atom stereocenters. The minimum Gasteiger partial charge on any atom is -0.464 e. The normalized spacial score (nSPS) is 23.0. The number of nitrogens with zero attached hydrogens (tertiary/aromatic N) is 4. The fourth-order valence-electron chi connectivity index (χ4n) is 3.21. The van der Waals surface area contributed by atoms with Crippen molar-refractivity contribution in [1.29, 1.82) is 0 Å². The lowest BCUT2D eigenvalue weighted by Crippen LogP contribution is -2.43. The number of likely N-dealkylation sites (tertiary alicyclic amines) is 1. The van der Waals surface area contributed by atoms with Crippen LogP contribution in [-0.4, -0.2) is 32.1 Å². The van der Waals surface area contributed by atoms with Gasteiger partial charge in [0.1, 0.15) is 30.2 Å². The van der Waals surface area contributed by atoms with Crippen molar-refractivity contribution in [3.05, 3.63) is 36.3 Å². The third-order valence-electron chi connectivity index (χ3n) is 4.70. The van der Waals surface area contributed by atoms with Crippen molar-refractivity contribution >= 4 is 5.91 Å². The molecule has 1 fully saturated rings. The first-order valence-corrected chi connectivity index (χ1v) is 8.33. The van der Waals surface area contributed by atoms with Crippen LogP contribution in [0.2, 0.25) is 0 Å². The standard InChI is InChI=1S/C17H24N4O2/c1-4-14-5-6-16(23-14)15-9-12(2)7-8-20(15)17(22)13(3)21-11-18-10-19-21/h5-6,10-13,15H,4,7-9H2,1-3H3/t12-,13+,15+/m0/s1. The van der Waals surface area contributed by atoms with E-state index in [9.17, 15) is 4.79 Å². The van der Waals surface area contributed by atoms with Crippen LogP contribution >= 0.6 is 0 Å². The zero-order valence-corrected chi connectivity index (χ0v) is 14.0. The molecule has 0 spiro atoms. The van der Waals surface area contributed by atoms with Crippen molar-refractivity contribution in [2.24, 2.45) is 5.92 Å². The van der Waals surface area contributed by atoms with E-state index in [0.717, 1.165) is 37.3 Å². The Bertz CT molecular complexity index is 649. The number of carbonyl (C=O) groups excluding carboxylic acids is 1. The van der Waals surface area contributed by atoms with Crippen LogP contribution in [0, 0.1) is 5.92 Å². The van der Waals surface area contributed by atoms with Gasteiger partial charge in [0.05, 0.1) is 6.04 Å². The van der Waals surface area contributed by atoms with Crippen molar-refractivity contribution in [3.8, 4) is 0 Å². The van der Waals surface area contributed by atoms with Crippen LogP contribution in [0.1, 0.15) is 57.2 Å². The summed E-state index contributed by atoms with van der Waals surface area (Å²) in [6, 6.07) is 3.69. The van der Waals surface area contributed by atoms with E-state index in [-0.39, 0.29) is 18.0 Å². The van der Waals surface area contributed by atoms with Crippen molar-refractivity contribution in [3.63, 3.8) is 0 Å². The van der Waals surface area contributed by atoms with Crippen LogP contribution in [0.25, 0.3) is 0 Å². The van der Waals surface area contributed by atoms with Crippen molar-refractivity contribution in [1.82, 2.24) is 19.7 Å². The highest BCUT2D eigenvalue weighted by Gasteiger charge is 2.35. The molecule has 0 saturated carbocycles. The van der Waals surface area contributed by atoms with Crippen molar-refractivity contribution < 1.29 is 9.21 Å². The number of carbonyl (C=O) groups is 1. The zero-order valence-electron chi connectivity index (χ0n) is 14.0. The second-order valence-electron chi connectivity index (χ2n) is 6.39. The van der Waals surface area contributed by atoms with Crippen LogP contribution < -0.4 is 0 Å². The first-order chi connectivity index (χ1) is 11.1. The Labute approximate surface area is 136 Å². The number of aromatic nitrogens is 3. The molecular formula is C17H24N4O2. The monoisotopic (exact) mass is 316 g/mol. The molecule has 3 heterocycles. The van der Waals surface area contributed by atoms with E-state index in [4.69, 9.17) is 4.42 Å². The van der Waals surface area contributed by atoms with Crippen LogP contribution in [0.4, 0.5) is 0 Å². The molecule has 1 aliphatic rings. The highest BCUT2D eigenvalue weighted by molar-refractivity contribution is 5.80. The molecule has 23 heavy (non-hydrogen) atoms. The molecule has 1 amide bonds. The predicted molar refractivity (Wildman–Crippen MR) is 85.7 cm³/mol. The minimum atomic E-state index is -0.353. The molecule has 0 bridgehead atoms. The van der Waals surface area contributed by atoms with Gasteiger partial charge in [-0.05, 0) is 37.8 Å². The molecule has 0 aliphatic carbocycles. The summed E-state index contributed by atoms with van der Waals surface area (Å²) in [4.78, 5) is 18.8. The second kappa shape index (κ2) is 6.56. The minimum absolute atomic E-state index is 0.0116. The summed E-state index contributed by atoms with van der Waals surface area (Å²) in [5, 5.41) is 4.10. The van der Waals surface area contributed by atoms with Gasteiger partial charge in [-0.2, -0.15) is 5.10 Å². The lowest BCUT2D eigenvalue weighted by Gasteiger charge is -2.38. The van der Waals surface area contributed by atoms with E-state index in [1.54, 1.807) is 11.0 Å². The Morgan fingerprint density at radius 1 is 1.48 bits per heavy atom. The Balaban J connectivity index is 1.84. The molecule has 6 heteroatoms. The number of furan rings is 1. The third kappa shape index (κ3) is 3.16.